The van der Waals surface area contributed by atoms with Crippen LogP contribution in [-0.2, 0) is 5.75 Å². The van der Waals surface area contributed by atoms with E-state index < -0.39 is 5.97 Å². The van der Waals surface area contributed by atoms with E-state index in [-0.39, 0.29) is 23.5 Å². The fourth-order valence-corrected chi connectivity index (χ4v) is 3.03. The van der Waals surface area contributed by atoms with E-state index >= 15 is 0 Å². The van der Waals surface area contributed by atoms with Gasteiger partial charge in [-0.15, -0.1) is 11.8 Å². The van der Waals surface area contributed by atoms with Crippen LogP contribution < -0.4 is 0 Å². The molecular weight excluding hydrogens is 306 g/mol. The lowest BCUT2D eigenvalue weighted by Gasteiger charge is -2.12. The van der Waals surface area contributed by atoms with E-state index in [4.69, 9.17) is 9.52 Å². The maximum atomic E-state index is 12.1. The van der Waals surface area contributed by atoms with Gasteiger partial charge in [0.1, 0.15) is 5.76 Å². The number of carboxylic acids is 1. The van der Waals surface area contributed by atoms with Gasteiger partial charge in [0, 0.05) is 0 Å². The van der Waals surface area contributed by atoms with E-state index in [9.17, 15) is 14.4 Å². The molecule has 0 unspecified atom stereocenters. The predicted molar refractivity (Wildman–Crippen MR) is 78.8 cm³/mol. The van der Waals surface area contributed by atoms with Crippen LogP contribution in [0, 0.1) is 0 Å². The highest BCUT2D eigenvalue weighted by atomic mass is 32.2. The van der Waals surface area contributed by atoms with Crippen LogP contribution in [0.3, 0.4) is 0 Å². The molecule has 0 atom stereocenters. The second-order valence-corrected chi connectivity index (χ2v) is 5.59. The molecule has 0 spiro atoms. The molecule has 1 aliphatic heterocycles. The molecule has 7 heteroatoms. The van der Waals surface area contributed by atoms with Gasteiger partial charge in [-0.2, -0.15) is 0 Å². The number of carboxylic acid groups (broad SMARTS) is 1. The van der Waals surface area contributed by atoms with Crippen molar-refractivity contribution in [3.8, 4) is 0 Å². The molecule has 2 heterocycles. The van der Waals surface area contributed by atoms with Crippen LogP contribution in [0.4, 0.5) is 0 Å². The topological polar surface area (TPSA) is 87.8 Å². The van der Waals surface area contributed by atoms with Crippen molar-refractivity contribution in [2.45, 2.75) is 5.75 Å². The number of rotatable bonds is 5. The summed E-state index contributed by atoms with van der Waals surface area (Å²) in [6.45, 7) is 0. The monoisotopic (exact) mass is 317 g/mol. The molecule has 0 saturated carbocycles. The zero-order chi connectivity index (χ0) is 15.7. The number of carbonyl (C=O) groups is 3. The third kappa shape index (κ3) is 2.50. The molecule has 3 rings (SSSR count). The molecule has 1 aliphatic rings. The number of thioether (sulfide) groups is 1. The maximum Gasteiger partial charge on any atom is 0.371 e. The Morgan fingerprint density at radius 1 is 1.09 bits per heavy atom. The standard InChI is InChI=1S/C15H11NO5S/c17-13-10-3-1-2-4-11(10)14(18)16(13)8-22-7-9-5-6-12(21-9)15(19)20/h1-6H,7-8H2,(H,19,20). The minimum Gasteiger partial charge on any atom is -0.475 e. The number of imide groups is 1. The van der Waals surface area contributed by atoms with Gasteiger partial charge in [-0.25, -0.2) is 4.79 Å². The van der Waals surface area contributed by atoms with Gasteiger partial charge in [0.2, 0.25) is 5.76 Å². The molecule has 22 heavy (non-hydrogen) atoms. The lowest BCUT2D eigenvalue weighted by atomic mass is 10.1. The van der Waals surface area contributed by atoms with Crippen molar-refractivity contribution in [1.82, 2.24) is 4.90 Å². The lowest BCUT2D eigenvalue weighted by Crippen LogP contribution is -2.29. The third-order valence-corrected chi connectivity index (χ3v) is 4.14. The van der Waals surface area contributed by atoms with Gasteiger partial charge in [-0.1, -0.05) is 12.1 Å². The molecule has 0 fully saturated rings. The van der Waals surface area contributed by atoms with Gasteiger partial charge in [-0.3, -0.25) is 14.5 Å². The molecule has 0 bridgehead atoms. The SMILES string of the molecule is O=C(O)c1ccc(CSCN2C(=O)c3ccccc3C2=O)o1. The normalized spacial score (nSPS) is 13.5. The van der Waals surface area contributed by atoms with E-state index in [1.54, 1.807) is 30.3 Å². The summed E-state index contributed by atoms with van der Waals surface area (Å²) in [4.78, 5) is 36.2. The zero-order valence-corrected chi connectivity index (χ0v) is 12.1. The van der Waals surface area contributed by atoms with Crippen LogP contribution in [0.1, 0.15) is 37.0 Å². The van der Waals surface area contributed by atoms with Gasteiger partial charge < -0.3 is 9.52 Å². The number of furan rings is 1. The van der Waals surface area contributed by atoms with Crippen molar-refractivity contribution < 1.29 is 23.9 Å². The summed E-state index contributed by atoms with van der Waals surface area (Å²) in [5, 5.41) is 8.77. The van der Waals surface area contributed by atoms with E-state index in [0.29, 0.717) is 22.6 Å². The highest BCUT2D eigenvalue weighted by Gasteiger charge is 2.34. The van der Waals surface area contributed by atoms with Crippen LogP contribution >= 0.6 is 11.8 Å². The van der Waals surface area contributed by atoms with E-state index in [1.807, 2.05) is 0 Å². The average Bonchev–Trinajstić information content (AvgIpc) is 3.07. The van der Waals surface area contributed by atoms with Gasteiger partial charge in [0.15, 0.2) is 0 Å². The number of amides is 2. The fraction of sp³-hybridized carbons (Fsp3) is 0.133. The van der Waals surface area contributed by atoms with Crippen LogP contribution in [0.25, 0.3) is 0 Å². The second-order valence-electron chi connectivity index (χ2n) is 4.63. The summed E-state index contributed by atoms with van der Waals surface area (Å²) in [5.41, 5.74) is 0.832. The molecule has 2 aromatic rings. The smallest absolute Gasteiger partial charge is 0.371 e. The van der Waals surface area contributed by atoms with Crippen molar-refractivity contribution in [2.24, 2.45) is 0 Å². The maximum absolute atomic E-state index is 12.1. The van der Waals surface area contributed by atoms with Gasteiger partial charge in [0.05, 0.1) is 22.8 Å². The van der Waals surface area contributed by atoms with E-state index in [0.717, 1.165) is 0 Å². The summed E-state index contributed by atoms with van der Waals surface area (Å²) in [6.07, 6.45) is 0. The molecule has 1 aromatic carbocycles. The minimum absolute atomic E-state index is 0.128. The van der Waals surface area contributed by atoms with Crippen LogP contribution in [-0.4, -0.2) is 33.7 Å². The van der Waals surface area contributed by atoms with E-state index in [1.165, 1.54) is 22.7 Å². The van der Waals surface area contributed by atoms with Crippen molar-refractivity contribution in [2.75, 3.05) is 5.88 Å². The number of hydrogen-bond donors (Lipinski definition) is 1. The Kier molecular flexibility index (Phi) is 3.72. The first kappa shape index (κ1) is 14.4. The molecule has 0 radical (unpaired) electrons. The van der Waals surface area contributed by atoms with Crippen LogP contribution in [0.2, 0.25) is 0 Å². The first-order valence-corrected chi connectivity index (χ1v) is 7.58. The van der Waals surface area contributed by atoms with Crippen molar-refractivity contribution >= 4 is 29.5 Å². The lowest BCUT2D eigenvalue weighted by molar-refractivity contribution is 0.0656. The largest absolute Gasteiger partial charge is 0.475 e. The number of fused-ring (bicyclic) bond motifs is 1. The Balaban J connectivity index is 1.62. The Hall–Kier alpha value is -2.54. The second kappa shape index (κ2) is 5.69. The van der Waals surface area contributed by atoms with Gasteiger partial charge >= 0.3 is 5.97 Å². The zero-order valence-electron chi connectivity index (χ0n) is 11.3. The molecular formula is C15H11NO5S. The number of nitrogens with zero attached hydrogens (tertiary/aromatic N) is 1. The Bertz CT molecular complexity index is 732. The van der Waals surface area contributed by atoms with Crippen LogP contribution in [0.5, 0.6) is 0 Å². The summed E-state index contributed by atoms with van der Waals surface area (Å²) in [7, 11) is 0. The number of benzene rings is 1. The van der Waals surface area contributed by atoms with Crippen molar-refractivity contribution in [3.63, 3.8) is 0 Å². The van der Waals surface area contributed by atoms with Crippen LogP contribution in [0.15, 0.2) is 40.8 Å². The summed E-state index contributed by atoms with van der Waals surface area (Å²) in [5.74, 6) is -0.819. The Morgan fingerprint density at radius 3 is 2.27 bits per heavy atom. The minimum atomic E-state index is -1.13. The van der Waals surface area contributed by atoms with Crippen molar-refractivity contribution in [3.05, 3.63) is 59.0 Å². The third-order valence-electron chi connectivity index (χ3n) is 3.22. The molecule has 0 aliphatic carbocycles. The van der Waals surface area contributed by atoms with Gasteiger partial charge in [0.25, 0.3) is 11.8 Å². The Morgan fingerprint density at radius 2 is 1.73 bits per heavy atom. The highest BCUT2D eigenvalue weighted by molar-refractivity contribution is 7.98. The first-order chi connectivity index (χ1) is 10.6. The first-order valence-electron chi connectivity index (χ1n) is 6.43. The molecule has 1 aromatic heterocycles. The predicted octanol–water partition coefficient (Wildman–Crippen LogP) is 2.46. The number of aromatic carboxylic acids is 1. The van der Waals surface area contributed by atoms with Gasteiger partial charge in [-0.05, 0) is 24.3 Å². The summed E-state index contributed by atoms with van der Waals surface area (Å²) < 4.78 is 5.12. The Labute approximate surface area is 129 Å². The highest BCUT2D eigenvalue weighted by Crippen LogP contribution is 2.25. The number of carbonyl (C=O) groups excluding carboxylic acids is 2. The van der Waals surface area contributed by atoms with E-state index in [2.05, 4.69) is 0 Å². The molecule has 112 valence electrons. The molecule has 0 saturated heterocycles. The quantitative estimate of drug-likeness (QED) is 0.852. The molecule has 6 nitrogen and oxygen atoms in total. The molecule has 2 amide bonds. The summed E-state index contributed by atoms with van der Waals surface area (Å²) >= 11 is 1.30. The van der Waals surface area contributed by atoms with Crippen molar-refractivity contribution in [1.29, 1.82) is 0 Å². The fourth-order valence-electron chi connectivity index (χ4n) is 2.16. The summed E-state index contributed by atoms with van der Waals surface area (Å²) in [6, 6.07) is 9.64. The number of hydrogen-bond acceptors (Lipinski definition) is 5. The average molecular weight is 317 g/mol. The molecule has 1 N–H and O–H groups in total.